The minimum absolute atomic E-state index is 0.141. The van der Waals surface area contributed by atoms with Crippen LogP contribution in [-0.2, 0) is 0 Å². The van der Waals surface area contributed by atoms with Crippen LogP contribution in [0, 0.1) is 3.57 Å². The second-order valence-corrected chi connectivity index (χ2v) is 5.28. The summed E-state index contributed by atoms with van der Waals surface area (Å²) >= 11 is 1.95. The monoisotopic (exact) mass is 370 g/mol. The first-order valence-corrected chi connectivity index (χ1v) is 6.97. The van der Waals surface area contributed by atoms with Gasteiger partial charge in [0.2, 0.25) is 0 Å². The van der Waals surface area contributed by atoms with Crippen molar-refractivity contribution in [1.29, 1.82) is 0 Å². The summed E-state index contributed by atoms with van der Waals surface area (Å²) in [5.74, 6) is 1.95. The number of rotatable bonds is 1. The molecule has 1 N–H and O–H groups in total. The molecule has 0 aliphatic carbocycles. The zero-order chi connectivity index (χ0) is 13.2. The van der Waals surface area contributed by atoms with Gasteiger partial charge in [-0.05, 0) is 40.8 Å². The zero-order valence-electron chi connectivity index (χ0n) is 9.98. The number of nitrogens with one attached hydrogen (secondary N) is 1. The molecule has 0 unspecified atom stereocenters. The standard InChI is InChI=1S/C13H11IN2O3/c14-9-7-15-12(16-13(9)17)8-2-3-10-11(6-8)19-5-1-4-18-10/h2-3,6-7H,1,4-5H2,(H,15,16,17). The maximum absolute atomic E-state index is 11.6. The van der Waals surface area contributed by atoms with Gasteiger partial charge in [-0.15, -0.1) is 0 Å². The highest BCUT2D eigenvalue weighted by Crippen LogP contribution is 2.32. The van der Waals surface area contributed by atoms with E-state index in [9.17, 15) is 4.79 Å². The van der Waals surface area contributed by atoms with Gasteiger partial charge in [0.15, 0.2) is 11.5 Å². The number of ether oxygens (including phenoxy) is 2. The van der Waals surface area contributed by atoms with E-state index in [1.54, 1.807) is 6.20 Å². The molecule has 0 radical (unpaired) electrons. The molecule has 1 aliphatic rings. The van der Waals surface area contributed by atoms with Crippen molar-refractivity contribution in [2.75, 3.05) is 13.2 Å². The van der Waals surface area contributed by atoms with Gasteiger partial charge in [0.05, 0.1) is 16.8 Å². The van der Waals surface area contributed by atoms with E-state index >= 15 is 0 Å². The van der Waals surface area contributed by atoms with Crippen LogP contribution in [0.1, 0.15) is 6.42 Å². The average Bonchev–Trinajstić information content (AvgIpc) is 2.66. The van der Waals surface area contributed by atoms with E-state index in [2.05, 4.69) is 9.97 Å². The highest BCUT2D eigenvalue weighted by molar-refractivity contribution is 14.1. The van der Waals surface area contributed by atoms with Gasteiger partial charge in [0, 0.05) is 18.2 Å². The Morgan fingerprint density at radius 1 is 1.21 bits per heavy atom. The van der Waals surface area contributed by atoms with Crippen molar-refractivity contribution in [3.05, 3.63) is 38.3 Å². The predicted octanol–water partition coefficient (Wildman–Crippen LogP) is 2.20. The molecule has 2 aromatic rings. The number of aromatic nitrogens is 2. The Morgan fingerprint density at radius 3 is 2.79 bits per heavy atom. The van der Waals surface area contributed by atoms with Crippen LogP contribution in [0.3, 0.4) is 0 Å². The third-order valence-corrected chi connectivity index (χ3v) is 3.55. The van der Waals surface area contributed by atoms with Crippen LogP contribution in [0.4, 0.5) is 0 Å². The molecule has 5 nitrogen and oxygen atoms in total. The number of benzene rings is 1. The van der Waals surface area contributed by atoms with Gasteiger partial charge in [0.1, 0.15) is 5.82 Å². The molecule has 0 spiro atoms. The predicted molar refractivity (Wildman–Crippen MR) is 78.6 cm³/mol. The van der Waals surface area contributed by atoms with Crippen molar-refractivity contribution >= 4 is 22.6 Å². The zero-order valence-corrected chi connectivity index (χ0v) is 12.1. The molecule has 98 valence electrons. The second-order valence-electron chi connectivity index (χ2n) is 4.12. The molecule has 19 heavy (non-hydrogen) atoms. The van der Waals surface area contributed by atoms with Crippen molar-refractivity contribution < 1.29 is 9.47 Å². The number of H-pyrrole nitrogens is 1. The lowest BCUT2D eigenvalue weighted by Crippen LogP contribution is -2.11. The second kappa shape index (κ2) is 5.20. The molecule has 6 heteroatoms. The van der Waals surface area contributed by atoms with E-state index in [0.717, 1.165) is 17.7 Å². The van der Waals surface area contributed by atoms with Crippen LogP contribution in [0.25, 0.3) is 11.4 Å². The minimum Gasteiger partial charge on any atom is -0.490 e. The molecule has 0 amide bonds. The minimum atomic E-state index is -0.141. The summed E-state index contributed by atoms with van der Waals surface area (Å²) in [5.41, 5.74) is 0.662. The lowest BCUT2D eigenvalue weighted by Gasteiger charge is -2.08. The van der Waals surface area contributed by atoms with Crippen molar-refractivity contribution in [2.24, 2.45) is 0 Å². The Labute approximate surface area is 123 Å². The van der Waals surface area contributed by atoms with E-state index in [1.807, 2.05) is 40.8 Å². The van der Waals surface area contributed by atoms with Crippen LogP contribution < -0.4 is 15.0 Å². The molecule has 1 aromatic heterocycles. The first-order valence-electron chi connectivity index (χ1n) is 5.89. The molecule has 2 heterocycles. The van der Waals surface area contributed by atoms with Crippen LogP contribution in [0.5, 0.6) is 11.5 Å². The normalized spacial score (nSPS) is 13.9. The molecular weight excluding hydrogens is 359 g/mol. The highest BCUT2D eigenvalue weighted by atomic mass is 127. The summed E-state index contributed by atoms with van der Waals surface area (Å²) in [6, 6.07) is 5.54. The fraction of sp³-hybridized carbons (Fsp3) is 0.231. The largest absolute Gasteiger partial charge is 0.490 e. The smallest absolute Gasteiger partial charge is 0.264 e. The number of hydrogen-bond donors (Lipinski definition) is 1. The molecule has 0 bridgehead atoms. The SMILES string of the molecule is O=c1[nH]c(-c2ccc3c(c2)OCCCO3)ncc1I. The molecule has 1 aliphatic heterocycles. The number of hydrogen-bond acceptors (Lipinski definition) is 4. The fourth-order valence-corrected chi connectivity index (χ4v) is 2.11. The van der Waals surface area contributed by atoms with E-state index in [1.165, 1.54) is 0 Å². The van der Waals surface area contributed by atoms with Crippen molar-refractivity contribution in [2.45, 2.75) is 6.42 Å². The van der Waals surface area contributed by atoms with Crippen LogP contribution in [0.15, 0.2) is 29.2 Å². The van der Waals surface area contributed by atoms with Gasteiger partial charge in [-0.1, -0.05) is 0 Å². The molecule has 0 fully saturated rings. The topological polar surface area (TPSA) is 64.2 Å². The summed E-state index contributed by atoms with van der Waals surface area (Å²) in [4.78, 5) is 18.6. The number of halogens is 1. The number of aromatic amines is 1. The molecule has 0 atom stereocenters. The Balaban J connectivity index is 2.03. The van der Waals surface area contributed by atoms with Crippen molar-refractivity contribution in [3.8, 4) is 22.9 Å². The van der Waals surface area contributed by atoms with E-state index in [0.29, 0.717) is 28.4 Å². The van der Waals surface area contributed by atoms with Gasteiger partial charge in [-0.25, -0.2) is 4.98 Å². The first kappa shape index (κ1) is 12.5. The van der Waals surface area contributed by atoms with Crippen LogP contribution >= 0.6 is 22.6 Å². The third-order valence-electron chi connectivity index (χ3n) is 2.78. The lowest BCUT2D eigenvalue weighted by molar-refractivity contribution is 0.297. The lowest BCUT2D eigenvalue weighted by atomic mass is 10.2. The maximum Gasteiger partial charge on any atom is 0.264 e. The van der Waals surface area contributed by atoms with Crippen LogP contribution in [-0.4, -0.2) is 23.2 Å². The summed E-state index contributed by atoms with van der Waals surface area (Å²) in [7, 11) is 0. The Morgan fingerprint density at radius 2 is 2.00 bits per heavy atom. The molecular formula is C13H11IN2O3. The molecule has 0 saturated carbocycles. The Hall–Kier alpha value is -1.57. The molecule has 3 rings (SSSR count). The van der Waals surface area contributed by atoms with Gasteiger partial charge in [0.25, 0.3) is 5.56 Å². The highest BCUT2D eigenvalue weighted by Gasteiger charge is 2.12. The molecule has 1 aromatic carbocycles. The summed E-state index contributed by atoms with van der Waals surface area (Å²) in [5, 5.41) is 0. The van der Waals surface area contributed by atoms with Crippen molar-refractivity contribution in [1.82, 2.24) is 9.97 Å². The Bertz CT molecular complexity index is 669. The Kier molecular flexibility index (Phi) is 3.41. The maximum atomic E-state index is 11.6. The summed E-state index contributed by atoms with van der Waals surface area (Å²) < 4.78 is 11.7. The summed E-state index contributed by atoms with van der Waals surface area (Å²) in [6.45, 7) is 1.29. The van der Waals surface area contributed by atoms with E-state index in [-0.39, 0.29) is 5.56 Å². The molecule has 0 saturated heterocycles. The van der Waals surface area contributed by atoms with Gasteiger partial charge in [-0.3, -0.25) is 4.79 Å². The first-order chi connectivity index (χ1) is 9.24. The average molecular weight is 370 g/mol. The quantitative estimate of drug-likeness (QED) is 0.782. The van der Waals surface area contributed by atoms with Crippen LogP contribution in [0.2, 0.25) is 0 Å². The third kappa shape index (κ3) is 2.58. The van der Waals surface area contributed by atoms with E-state index in [4.69, 9.17) is 9.47 Å². The van der Waals surface area contributed by atoms with E-state index < -0.39 is 0 Å². The number of nitrogens with zero attached hydrogens (tertiary/aromatic N) is 1. The van der Waals surface area contributed by atoms with Gasteiger partial charge < -0.3 is 14.5 Å². The fourth-order valence-electron chi connectivity index (χ4n) is 1.84. The van der Waals surface area contributed by atoms with Gasteiger partial charge >= 0.3 is 0 Å². The van der Waals surface area contributed by atoms with Crippen molar-refractivity contribution in [3.63, 3.8) is 0 Å². The summed E-state index contributed by atoms with van der Waals surface area (Å²) in [6.07, 6.45) is 2.42. The van der Waals surface area contributed by atoms with Gasteiger partial charge in [-0.2, -0.15) is 0 Å². The number of fused-ring (bicyclic) bond motifs is 1.